The van der Waals surface area contributed by atoms with Crippen LogP contribution in [0, 0.1) is 12.8 Å². The zero-order valence-electron chi connectivity index (χ0n) is 10.9. The zero-order chi connectivity index (χ0) is 14.8. The van der Waals surface area contributed by atoms with Crippen LogP contribution in [0.1, 0.15) is 12.5 Å². The fraction of sp³-hybridized carbons (Fsp3) is 0.417. The highest BCUT2D eigenvalue weighted by atomic mass is 79.9. The number of sulfonamides is 1. The number of hydrogen-bond acceptors (Lipinski definition) is 3. The molecule has 0 heterocycles. The van der Waals surface area contributed by atoms with Gasteiger partial charge in [0.15, 0.2) is 0 Å². The fourth-order valence-electron chi connectivity index (χ4n) is 1.60. The Morgan fingerprint density at radius 1 is 1.47 bits per heavy atom. The molecule has 5 nitrogen and oxygen atoms in total. The second-order valence-corrected chi connectivity index (χ2v) is 7.26. The molecular weight excluding hydrogens is 334 g/mol. The summed E-state index contributed by atoms with van der Waals surface area (Å²) in [6.07, 6.45) is 0. The Hall–Kier alpha value is -0.920. The first-order chi connectivity index (χ1) is 8.67. The number of hydrogen-bond donors (Lipinski definition) is 1. The molecule has 0 aliphatic carbocycles. The molecule has 0 aliphatic rings. The lowest BCUT2D eigenvalue weighted by Gasteiger charge is -2.20. The van der Waals surface area contributed by atoms with Gasteiger partial charge in [0.2, 0.25) is 10.0 Å². The first kappa shape index (κ1) is 16.1. The molecule has 106 valence electrons. The third-order valence-electron chi connectivity index (χ3n) is 2.86. The smallest absolute Gasteiger partial charge is 0.307 e. The van der Waals surface area contributed by atoms with Gasteiger partial charge in [-0.05, 0) is 24.6 Å². The zero-order valence-corrected chi connectivity index (χ0v) is 13.3. The summed E-state index contributed by atoms with van der Waals surface area (Å²) in [5, 5.41) is 8.84. The van der Waals surface area contributed by atoms with E-state index in [1.807, 2.05) is 0 Å². The Kier molecular flexibility index (Phi) is 5.11. The maximum atomic E-state index is 12.4. The molecule has 1 atom stereocenters. The summed E-state index contributed by atoms with van der Waals surface area (Å²) in [5.41, 5.74) is 0.609. The second kappa shape index (κ2) is 6.02. The second-order valence-electron chi connectivity index (χ2n) is 4.39. The molecule has 1 aromatic carbocycles. The Morgan fingerprint density at radius 2 is 2.05 bits per heavy atom. The lowest BCUT2D eigenvalue weighted by Crippen LogP contribution is -2.34. The summed E-state index contributed by atoms with van der Waals surface area (Å²) in [5.74, 6) is -1.78. The Labute approximate surface area is 121 Å². The Bertz CT molecular complexity index is 585. The highest BCUT2D eigenvalue weighted by molar-refractivity contribution is 9.10. The number of carboxylic acids is 1. The summed E-state index contributed by atoms with van der Waals surface area (Å²) in [6, 6.07) is 4.91. The van der Waals surface area contributed by atoms with E-state index >= 15 is 0 Å². The van der Waals surface area contributed by atoms with Gasteiger partial charge in [-0.2, -0.15) is 0 Å². The van der Waals surface area contributed by atoms with Crippen molar-refractivity contribution in [3.8, 4) is 0 Å². The van der Waals surface area contributed by atoms with E-state index in [9.17, 15) is 13.2 Å². The average Bonchev–Trinajstić information content (AvgIpc) is 2.32. The van der Waals surface area contributed by atoms with Crippen LogP contribution in [0.4, 0.5) is 0 Å². The molecule has 19 heavy (non-hydrogen) atoms. The lowest BCUT2D eigenvalue weighted by atomic mass is 10.2. The van der Waals surface area contributed by atoms with Gasteiger partial charge < -0.3 is 5.11 Å². The molecule has 0 saturated carbocycles. The van der Waals surface area contributed by atoms with Crippen LogP contribution in [-0.2, 0) is 14.8 Å². The van der Waals surface area contributed by atoms with Crippen LogP contribution in [0.2, 0.25) is 0 Å². The quantitative estimate of drug-likeness (QED) is 0.883. The van der Waals surface area contributed by atoms with Gasteiger partial charge in [0, 0.05) is 18.1 Å². The largest absolute Gasteiger partial charge is 0.481 e. The van der Waals surface area contributed by atoms with E-state index in [1.54, 1.807) is 19.1 Å². The molecule has 0 aliphatic heterocycles. The summed E-state index contributed by atoms with van der Waals surface area (Å²) in [7, 11) is -2.30. The van der Waals surface area contributed by atoms with E-state index in [-0.39, 0.29) is 11.4 Å². The van der Waals surface area contributed by atoms with Crippen molar-refractivity contribution in [2.45, 2.75) is 18.7 Å². The Balaban J connectivity index is 3.10. The van der Waals surface area contributed by atoms with Crippen LogP contribution < -0.4 is 0 Å². The summed E-state index contributed by atoms with van der Waals surface area (Å²) < 4.78 is 26.5. The van der Waals surface area contributed by atoms with Crippen LogP contribution in [0.5, 0.6) is 0 Å². The van der Waals surface area contributed by atoms with Crippen molar-refractivity contribution in [2.24, 2.45) is 5.92 Å². The van der Waals surface area contributed by atoms with Crippen molar-refractivity contribution in [3.63, 3.8) is 0 Å². The molecule has 0 fully saturated rings. The normalized spacial score (nSPS) is 13.5. The van der Waals surface area contributed by atoms with Crippen molar-refractivity contribution in [1.82, 2.24) is 4.31 Å². The van der Waals surface area contributed by atoms with Crippen LogP contribution in [0.3, 0.4) is 0 Å². The third-order valence-corrected chi connectivity index (χ3v) is 5.69. The molecule has 1 unspecified atom stereocenters. The SMILES string of the molecule is Cc1c(Br)cccc1S(=O)(=O)N(C)CC(C)C(=O)O. The fourth-order valence-corrected chi connectivity index (χ4v) is 3.60. The minimum Gasteiger partial charge on any atom is -0.481 e. The molecule has 1 aromatic rings. The van der Waals surface area contributed by atoms with Gasteiger partial charge in [-0.3, -0.25) is 4.79 Å². The van der Waals surface area contributed by atoms with Crippen LogP contribution >= 0.6 is 15.9 Å². The molecule has 0 amide bonds. The highest BCUT2D eigenvalue weighted by Gasteiger charge is 2.26. The molecule has 0 saturated heterocycles. The van der Waals surface area contributed by atoms with E-state index in [0.717, 1.165) is 4.31 Å². The number of aliphatic carboxylic acids is 1. The predicted octanol–water partition coefficient (Wildman–Crippen LogP) is 2.10. The third kappa shape index (κ3) is 3.55. The monoisotopic (exact) mass is 349 g/mol. The van der Waals surface area contributed by atoms with Gasteiger partial charge in [0.05, 0.1) is 10.8 Å². The number of carbonyl (C=O) groups is 1. The van der Waals surface area contributed by atoms with E-state index < -0.39 is 21.9 Å². The minimum absolute atomic E-state index is 0.0659. The summed E-state index contributed by atoms with van der Waals surface area (Å²) in [4.78, 5) is 11.0. The van der Waals surface area contributed by atoms with Crippen LogP contribution in [0.25, 0.3) is 0 Å². The Morgan fingerprint density at radius 3 is 2.58 bits per heavy atom. The van der Waals surface area contributed by atoms with Gasteiger partial charge in [-0.1, -0.05) is 28.9 Å². The van der Waals surface area contributed by atoms with Crippen molar-refractivity contribution in [3.05, 3.63) is 28.2 Å². The number of halogens is 1. The number of benzene rings is 1. The number of rotatable bonds is 5. The van der Waals surface area contributed by atoms with Crippen LogP contribution in [0.15, 0.2) is 27.6 Å². The van der Waals surface area contributed by atoms with Crippen LogP contribution in [-0.4, -0.2) is 37.4 Å². The molecule has 0 aromatic heterocycles. The minimum atomic E-state index is -3.68. The van der Waals surface area contributed by atoms with Gasteiger partial charge in [0.25, 0.3) is 0 Å². The first-order valence-electron chi connectivity index (χ1n) is 5.62. The molecule has 1 N–H and O–H groups in total. The van der Waals surface area contributed by atoms with Gasteiger partial charge >= 0.3 is 5.97 Å². The first-order valence-corrected chi connectivity index (χ1v) is 7.85. The van der Waals surface area contributed by atoms with E-state index in [4.69, 9.17) is 5.11 Å². The van der Waals surface area contributed by atoms with Gasteiger partial charge in [-0.25, -0.2) is 12.7 Å². The molecule has 0 spiro atoms. The maximum Gasteiger partial charge on any atom is 0.307 e. The van der Waals surface area contributed by atoms with Crippen molar-refractivity contribution in [2.75, 3.05) is 13.6 Å². The summed E-state index contributed by atoms with van der Waals surface area (Å²) >= 11 is 3.28. The van der Waals surface area contributed by atoms with E-state index in [1.165, 1.54) is 20.0 Å². The predicted molar refractivity (Wildman–Crippen MR) is 75.5 cm³/mol. The topological polar surface area (TPSA) is 74.7 Å². The lowest BCUT2D eigenvalue weighted by molar-refractivity contribution is -0.141. The van der Waals surface area contributed by atoms with E-state index in [0.29, 0.717) is 10.0 Å². The summed E-state index contributed by atoms with van der Waals surface area (Å²) in [6.45, 7) is 3.11. The van der Waals surface area contributed by atoms with Crippen molar-refractivity contribution in [1.29, 1.82) is 0 Å². The van der Waals surface area contributed by atoms with Gasteiger partial charge in [-0.15, -0.1) is 0 Å². The van der Waals surface area contributed by atoms with Gasteiger partial charge in [0.1, 0.15) is 0 Å². The molecular formula is C12H16BrNO4S. The average molecular weight is 350 g/mol. The maximum absolute atomic E-state index is 12.4. The standard InChI is InChI=1S/C12H16BrNO4S/c1-8(12(15)16)7-14(3)19(17,18)11-6-4-5-10(13)9(11)2/h4-6,8H,7H2,1-3H3,(H,15,16). The molecule has 7 heteroatoms. The molecule has 0 radical (unpaired) electrons. The van der Waals surface area contributed by atoms with Crippen molar-refractivity contribution < 1.29 is 18.3 Å². The molecule has 0 bridgehead atoms. The highest BCUT2D eigenvalue weighted by Crippen LogP contribution is 2.25. The molecule has 1 rings (SSSR count). The number of nitrogens with zero attached hydrogens (tertiary/aromatic N) is 1. The van der Waals surface area contributed by atoms with Crippen molar-refractivity contribution >= 4 is 31.9 Å². The van der Waals surface area contributed by atoms with E-state index in [2.05, 4.69) is 15.9 Å². The number of carboxylic acid groups (broad SMARTS) is 1.